The van der Waals surface area contributed by atoms with Crippen molar-refractivity contribution in [3.05, 3.63) is 86.0 Å². The van der Waals surface area contributed by atoms with Gasteiger partial charge in [0.1, 0.15) is 0 Å². The highest BCUT2D eigenvalue weighted by atomic mass is 79.9. The minimum Gasteiger partial charge on any atom is -0.349 e. The first-order chi connectivity index (χ1) is 11.1. The summed E-state index contributed by atoms with van der Waals surface area (Å²) >= 11 is 15.7. The molecule has 1 atom stereocenters. The Balaban J connectivity index is 2.10. The molecule has 23 heavy (non-hydrogen) atoms. The van der Waals surface area contributed by atoms with Crippen molar-refractivity contribution in [2.24, 2.45) is 0 Å². The molecule has 0 radical (unpaired) electrons. The fourth-order valence-electron chi connectivity index (χ4n) is 2.50. The largest absolute Gasteiger partial charge is 0.349 e. The molecule has 0 spiro atoms. The highest BCUT2D eigenvalue weighted by molar-refractivity contribution is 9.11. The first-order valence-electron chi connectivity index (χ1n) is 6.89. The average Bonchev–Trinajstić information content (AvgIpc) is 2.55. The van der Waals surface area contributed by atoms with Gasteiger partial charge in [-0.05, 0) is 51.3 Å². The molecule has 0 saturated heterocycles. The standard InChI is InChI=1S/C18H11BrCl2N2/c19-18-15(10-22)14(13-3-1-2-4-16(13)21)9-17(23-18)11-5-7-12(20)8-6-11/h1-9,14,23H/t14-/m1/s1. The lowest BCUT2D eigenvalue weighted by Crippen LogP contribution is -2.18. The number of nitriles is 1. The maximum Gasteiger partial charge on any atom is 0.0984 e. The normalized spacial score (nSPS) is 17.3. The lowest BCUT2D eigenvalue weighted by atomic mass is 9.88. The molecule has 2 aromatic rings. The first kappa shape index (κ1) is 16.1. The summed E-state index contributed by atoms with van der Waals surface area (Å²) in [4.78, 5) is 0. The van der Waals surface area contributed by atoms with Crippen LogP contribution in [-0.2, 0) is 0 Å². The average molecular weight is 406 g/mol. The topological polar surface area (TPSA) is 35.8 Å². The zero-order valence-corrected chi connectivity index (χ0v) is 15.0. The Hall–Kier alpha value is -1.73. The van der Waals surface area contributed by atoms with E-state index in [-0.39, 0.29) is 5.92 Å². The predicted octanol–water partition coefficient (Wildman–Crippen LogP) is 5.85. The van der Waals surface area contributed by atoms with Crippen molar-refractivity contribution in [1.29, 1.82) is 5.26 Å². The van der Waals surface area contributed by atoms with E-state index in [0.717, 1.165) is 16.8 Å². The van der Waals surface area contributed by atoms with Crippen molar-refractivity contribution in [3.8, 4) is 6.07 Å². The quantitative estimate of drug-likeness (QED) is 0.636. The number of nitrogens with one attached hydrogen (secondary N) is 1. The van der Waals surface area contributed by atoms with E-state index >= 15 is 0 Å². The van der Waals surface area contributed by atoms with E-state index in [1.807, 2.05) is 54.6 Å². The van der Waals surface area contributed by atoms with E-state index in [1.54, 1.807) is 0 Å². The van der Waals surface area contributed by atoms with Crippen molar-refractivity contribution in [2.45, 2.75) is 5.92 Å². The van der Waals surface area contributed by atoms with Crippen LogP contribution in [0.4, 0.5) is 0 Å². The van der Waals surface area contributed by atoms with Crippen LogP contribution < -0.4 is 5.32 Å². The lowest BCUT2D eigenvalue weighted by Gasteiger charge is -2.24. The molecule has 1 aliphatic heterocycles. The second-order valence-electron chi connectivity index (χ2n) is 5.05. The second kappa shape index (κ2) is 6.80. The van der Waals surface area contributed by atoms with Gasteiger partial charge in [-0.15, -0.1) is 0 Å². The van der Waals surface area contributed by atoms with Gasteiger partial charge in [-0.25, -0.2) is 0 Å². The zero-order valence-electron chi connectivity index (χ0n) is 11.9. The van der Waals surface area contributed by atoms with Gasteiger partial charge >= 0.3 is 0 Å². The molecule has 0 bridgehead atoms. The lowest BCUT2D eigenvalue weighted by molar-refractivity contribution is 0.956. The molecule has 1 N–H and O–H groups in total. The van der Waals surface area contributed by atoms with Crippen LogP contribution in [0, 0.1) is 11.3 Å². The number of rotatable bonds is 2. The number of allylic oxidation sites excluding steroid dienone is 2. The number of nitrogens with zero attached hydrogens (tertiary/aromatic N) is 1. The molecular weight excluding hydrogens is 395 g/mol. The van der Waals surface area contributed by atoms with Gasteiger partial charge in [-0.1, -0.05) is 53.5 Å². The summed E-state index contributed by atoms with van der Waals surface area (Å²) < 4.78 is 0.650. The number of hydrogen-bond donors (Lipinski definition) is 1. The van der Waals surface area contributed by atoms with E-state index in [2.05, 4.69) is 27.3 Å². The monoisotopic (exact) mass is 404 g/mol. The van der Waals surface area contributed by atoms with Crippen molar-refractivity contribution < 1.29 is 0 Å². The highest BCUT2D eigenvalue weighted by Gasteiger charge is 2.25. The first-order valence-corrected chi connectivity index (χ1v) is 8.44. The summed E-state index contributed by atoms with van der Waals surface area (Å²) in [6.45, 7) is 0. The molecule has 3 rings (SSSR count). The zero-order chi connectivity index (χ0) is 16.4. The number of benzene rings is 2. The molecule has 1 aliphatic rings. The van der Waals surface area contributed by atoms with Gasteiger partial charge in [0.05, 0.1) is 16.2 Å². The molecule has 0 unspecified atom stereocenters. The van der Waals surface area contributed by atoms with Crippen LogP contribution in [0.15, 0.2) is 64.8 Å². The summed E-state index contributed by atoms with van der Waals surface area (Å²) in [5.41, 5.74) is 3.38. The van der Waals surface area contributed by atoms with E-state index in [0.29, 0.717) is 20.2 Å². The fraction of sp³-hybridized carbons (Fsp3) is 0.0556. The van der Waals surface area contributed by atoms with Crippen molar-refractivity contribution >= 4 is 44.8 Å². The molecule has 0 aromatic heterocycles. The van der Waals surface area contributed by atoms with Crippen LogP contribution in [0.5, 0.6) is 0 Å². The van der Waals surface area contributed by atoms with Crippen LogP contribution in [-0.4, -0.2) is 0 Å². The minimum atomic E-state index is -0.213. The summed E-state index contributed by atoms with van der Waals surface area (Å²) in [5, 5.41) is 14.0. The summed E-state index contributed by atoms with van der Waals surface area (Å²) in [7, 11) is 0. The molecule has 5 heteroatoms. The van der Waals surface area contributed by atoms with Crippen molar-refractivity contribution in [3.63, 3.8) is 0 Å². The minimum absolute atomic E-state index is 0.213. The molecular formula is C18H11BrCl2N2. The van der Waals surface area contributed by atoms with Gasteiger partial charge in [-0.3, -0.25) is 0 Å². The van der Waals surface area contributed by atoms with Gasteiger partial charge in [0.2, 0.25) is 0 Å². The summed E-state index contributed by atoms with van der Waals surface area (Å²) in [6, 6.07) is 17.4. The molecule has 0 saturated carbocycles. The molecule has 2 nitrogen and oxygen atoms in total. The van der Waals surface area contributed by atoms with Gasteiger partial charge in [-0.2, -0.15) is 5.26 Å². The molecule has 0 fully saturated rings. The van der Waals surface area contributed by atoms with E-state index in [1.165, 1.54) is 0 Å². The summed E-state index contributed by atoms with van der Waals surface area (Å²) in [6.07, 6.45) is 2.01. The number of dihydropyridines is 1. The molecule has 114 valence electrons. The molecule has 0 aliphatic carbocycles. The third-order valence-corrected chi connectivity index (χ3v) is 4.86. The van der Waals surface area contributed by atoms with Crippen LogP contribution >= 0.6 is 39.1 Å². The fourth-order valence-corrected chi connectivity index (χ4v) is 3.43. The third-order valence-electron chi connectivity index (χ3n) is 3.64. The van der Waals surface area contributed by atoms with Gasteiger partial charge < -0.3 is 5.32 Å². The predicted molar refractivity (Wildman–Crippen MR) is 98.3 cm³/mol. The smallest absolute Gasteiger partial charge is 0.0984 e. The Kier molecular flexibility index (Phi) is 4.77. The van der Waals surface area contributed by atoms with Gasteiger partial charge in [0.25, 0.3) is 0 Å². The van der Waals surface area contributed by atoms with Crippen LogP contribution in [0.25, 0.3) is 5.70 Å². The Morgan fingerprint density at radius 3 is 2.39 bits per heavy atom. The van der Waals surface area contributed by atoms with E-state index in [9.17, 15) is 5.26 Å². The maximum absolute atomic E-state index is 9.51. The van der Waals surface area contributed by atoms with Crippen molar-refractivity contribution in [1.82, 2.24) is 5.32 Å². The van der Waals surface area contributed by atoms with E-state index < -0.39 is 0 Å². The highest BCUT2D eigenvalue weighted by Crippen LogP contribution is 2.38. The Labute approximate surface area is 153 Å². The van der Waals surface area contributed by atoms with Crippen molar-refractivity contribution in [2.75, 3.05) is 0 Å². The number of hydrogen-bond acceptors (Lipinski definition) is 2. The second-order valence-corrected chi connectivity index (χ2v) is 6.69. The number of halogens is 3. The Morgan fingerprint density at radius 1 is 1.04 bits per heavy atom. The molecule has 0 amide bonds. The molecule has 1 heterocycles. The van der Waals surface area contributed by atoms with Crippen LogP contribution in [0.3, 0.4) is 0 Å². The van der Waals surface area contributed by atoms with Gasteiger partial charge in [0, 0.05) is 21.7 Å². The SMILES string of the molecule is N#CC1=C(Br)NC(c2ccc(Cl)cc2)=C[C@@H]1c1ccccc1Cl. The Bertz CT molecular complexity index is 848. The van der Waals surface area contributed by atoms with E-state index in [4.69, 9.17) is 23.2 Å². The van der Waals surface area contributed by atoms with Gasteiger partial charge in [0.15, 0.2) is 0 Å². The molecule has 2 aromatic carbocycles. The maximum atomic E-state index is 9.51. The van der Waals surface area contributed by atoms with Crippen LogP contribution in [0.1, 0.15) is 17.0 Å². The summed E-state index contributed by atoms with van der Waals surface area (Å²) in [5.74, 6) is -0.213. The van der Waals surface area contributed by atoms with Crippen LogP contribution in [0.2, 0.25) is 10.0 Å². The Morgan fingerprint density at radius 2 is 1.74 bits per heavy atom. The third kappa shape index (κ3) is 3.30.